The molecule has 5 nitrogen and oxygen atoms in total. The van der Waals surface area contributed by atoms with Crippen molar-refractivity contribution in [1.82, 2.24) is 14.9 Å². The Hall–Kier alpha value is -3.80. The number of pyridine rings is 2. The summed E-state index contributed by atoms with van der Waals surface area (Å²) < 4.78 is 15.2. The van der Waals surface area contributed by atoms with Gasteiger partial charge in [0.25, 0.3) is 5.91 Å². The van der Waals surface area contributed by atoms with E-state index in [4.69, 9.17) is 0 Å². The van der Waals surface area contributed by atoms with Crippen LogP contribution in [0.3, 0.4) is 0 Å². The molecule has 6 heteroatoms. The highest BCUT2D eigenvalue weighted by Gasteiger charge is 2.29. The topological polar surface area (TPSA) is 58.1 Å². The molecule has 2 aromatic carbocycles. The molecule has 2 aromatic heterocycles. The van der Waals surface area contributed by atoms with Crippen molar-refractivity contribution < 1.29 is 9.18 Å². The van der Waals surface area contributed by atoms with Crippen LogP contribution in [0.4, 0.5) is 10.2 Å². The van der Waals surface area contributed by atoms with Gasteiger partial charge in [0, 0.05) is 41.0 Å². The number of anilines is 1. The van der Waals surface area contributed by atoms with Crippen LogP contribution in [0.5, 0.6) is 0 Å². The van der Waals surface area contributed by atoms with Crippen LogP contribution in [-0.4, -0.2) is 27.3 Å². The van der Waals surface area contributed by atoms with Crippen molar-refractivity contribution in [2.24, 2.45) is 0 Å². The van der Waals surface area contributed by atoms with Gasteiger partial charge in [-0.25, -0.2) is 9.37 Å². The SMILES string of the molecule is CCN1Cc2c(ccnc2N[C@@H](C)c2ccc(-c3ccnc4ccccc34)c(F)c2)C1=O. The highest BCUT2D eigenvalue weighted by Crippen LogP contribution is 2.33. The molecule has 0 saturated carbocycles. The van der Waals surface area contributed by atoms with Crippen LogP contribution in [0.15, 0.2) is 67.0 Å². The lowest BCUT2D eigenvalue weighted by Gasteiger charge is -2.18. The molecule has 0 bridgehead atoms. The molecule has 0 fully saturated rings. The number of benzene rings is 2. The zero-order valence-electron chi connectivity index (χ0n) is 18.0. The van der Waals surface area contributed by atoms with Crippen LogP contribution in [0.1, 0.15) is 41.4 Å². The number of hydrogen-bond donors (Lipinski definition) is 1. The summed E-state index contributed by atoms with van der Waals surface area (Å²) in [6.45, 7) is 5.11. The largest absolute Gasteiger partial charge is 0.363 e. The summed E-state index contributed by atoms with van der Waals surface area (Å²) in [5.41, 5.74) is 4.58. The second-order valence-electron chi connectivity index (χ2n) is 7.99. The number of amides is 1. The maximum atomic E-state index is 15.2. The Bertz CT molecular complexity index is 1330. The van der Waals surface area contributed by atoms with Gasteiger partial charge >= 0.3 is 0 Å². The normalized spacial score (nSPS) is 14.0. The molecule has 0 unspecified atom stereocenters. The lowest BCUT2D eigenvalue weighted by molar-refractivity contribution is 0.0787. The molecule has 0 spiro atoms. The summed E-state index contributed by atoms with van der Waals surface area (Å²) in [6.07, 6.45) is 3.35. The van der Waals surface area contributed by atoms with Crippen molar-refractivity contribution >= 4 is 22.6 Å². The molecular weight excluding hydrogens is 403 g/mol. The van der Waals surface area contributed by atoms with E-state index in [1.165, 1.54) is 0 Å². The summed E-state index contributed by atoms with van der Waals surface area (Å²) >= 11 is 0. The van der Waals surface area contributed by atoms with Crippen molar-refractivity contribution in [3.8, 4) is 11.1 Å². The summed E-state index contributed by atoms with van der Waals surface area (Å²) in [6, 6.07) is 16.5. The molecule has 0 radical (unpaired) electrons. The third kappa shape index (κ3) is 3.38. The highest BCUT2D eigenvalue weighted by molar-refractivity contribution is 5.99. The average Bonchev–Trinajstić information content (AvgIpc) is 3.15. The van der Waals surface area contributed by atoms with Crippen molar-refractivity contribution in [3.63, 3.8) is 0 Å². The Morgan fingerprint density at radius 2 is 1.81 bits per heavy atom. The van der Waals surface area contributed by atoms with E-state index < -0.39 is 0 Å². The Labute approximate surface area is 185 Å². The van der Waals surface area contributed by atoms with Gasteiger partial charge in [-0.05, 0) is 49.2 Å². The Kier molecular flexibility index (Phi) is 5.05. The predicted octanol–water partition coefficient (Wildman–Crippen LogP) is 5.58. The number of carbonyl (C=O) groups is 1. The average molecular weight is 426 g/mol. The first kappa shape index (κ1) is 20.1. The summed E-state index contributed by atoms with van der Waals surface area (Å²) in [5.74, 6) is 0.413. The second kappa shape index (κ2) is 8.04. The van der Waals surface area contributed by atoms with E-state index in [-0.39, 0.29) is 17.8 Å². The molecule has 32 heavy (non-hydrogen) atoms. The van der Waals surface area contributed by atoms with E-state index in [0.717, 1.165) is 27.6 Å². The second-order valence-corrected chi connectivity index (χ2v) is 7.99. The van der Waals surface area contributed by atoms with Gasteiger partial charge in [-0.3, -0.25) is 9.78 Å². The monoisotopic (exact) mass is 426 g/mol. The third-order valence-corrected chi connectivity index (χ3v) is 6.09. The lowest BCUT2D eigenvalue weighted by Crippen LogP contribution is -2.22. The summed E-state index contributed by atoms with van der Waals surface area (Å²) in [7, 11) is 0. The van der Waals surface area contributed by atoms with Crippen LogP contribution in [0.25, 0.3) is 22.0 Å². The van der Waals surface area contributed by atoms with Crippen LogP contribution in [0, 0.1) is 5.82 Å². The highest BCUT2D eigenvalue weighted by atomic mass is 19.1. The lowest BCUT2D eigenvalue weighted by atomic mass is 9.98. The van der Waals surface area contributed by atoms with Crippen LogP contribution < -0.4 is 5.32 Å². The van der Waals surface area contributed by atoms with Gasteiger partial charge in [-0.15, -0.1) is 0 Å². The Balaban J connectivity index is 1.44. The van der Waals surface area contributed by atoms with Crippen molar-refractivity contribution in [3.05, 3.63) is 89.5 Å². The van der Waals surface area contributed by atoms with Crippen LogP contribution in [-0.2, 0) is 6.54 Å². The maximum absolute atomic E-state index is 15.2. The number of rotatable bonds is 5. The zero-order chi connectivity index (χ0) is 22.2. The molecule has 1 atom stereocenters. The number of nitrogens with zero attached hydrogens (tertiary/aromatic N) is 3. The molecule has 3 heterocycles. The summed E-state index contributed by atoms with van der Waals surface area (Å²) in [4.78, 5) is 23.1. The zero-order valence-corrected chi connectivity index (χ0v) is 18.0. The molecule has 1 N–H and O–H groups in total. The standard InChI is InChI=1S/C26H23FN4O/c1-3-31-15-22-21(26(31)32)11-13-29-25(22)30-16(2)17-8-9-19(23(27)14-17)18-10-12-28-24-7-5-4-6-20(18)24/h4-14,16H,3,15H2,1-2H3,(H,29,30)/t16-/m0/s1. The van der Waals surface area contributed by atoms with Gasteiger partial charge in [-0.2, -0.15) is 0 Å². The first-order chi connectivity index (χ1) is 15.6. The fourth-order valence-electron chi connectivity index (χ4n) is 4.30. The molecule has 1 aliphatic heterocycles. The fraction of sp³-hybridized carbons (Fsp3) is 0.192. The van der Waals surface area contributed by atoms with Crippen LogP contribution in [0.2, 0.25) is 0 Å². The number of hydrogen-bond acceptors (Lipinski definition) is 4. The number of fused-ring (bicyclic) bond motifs is 2. The molecule has 5 rings (SSSR count). The fourth-order valence-corrected chi connectivity index (χ4v) is 4.30. The summed E-state index contributed by atoms with van der Waals surface area (Å²) in [5, 5.41) is 4.29. The van der Waals surface area contributed by atoms with Gasteiger partial charge in [0.15, 0.2) is 0 Å². The molecule has 0 aliphatic carbocycles. The number of halogens is 1. The predicted molar refractivity (Wildman–Crippen MR) is 124 cm³/mol. The third-order valence-electron chi connectivity index (χ3n) is 6.09. The van der Waals surface area contributed by atoms with E-state index >= 15 is 4.39 Å². The number of carbonyl (C=O) groups excluding carboxylic acids is 1. The minimum Gasteiger partial charge on any atom is -0.363 e. The molecule has 1 aliphatic rings. The molecule has 160 valence electrons. The van der Waals surface area contributed by atoms with Gasteiger partial charge in [0.05, 0.1) is 18.1 Å². The number of para-hydroxylation sites is 1. The number of aromatic nitrogens is 2. The first-order valence-corrected chi connectivity index (χ1v) is 10.7. The quantitative estimate of drug-likeness (QED) is 0.452. The van der Waals surface area contributed by atoms with Gasteiger partial charge in [0.1, 0.15) is 11.6 Å². The van der Waals surface area contributed by atoms with E-state index in [1.807, 2.05) is 56.3 Å². The number of nitrogens with one attached hydrogen (secondary N) is 1. The van der Waals surface area contributed by atoms with E-state index in [1.54, 1.807) is 29.4 Å². The van der Waals surface area contributed by atoms with Crippen molar-refractivity contribution in [1.29, 1.82) is 0 Å². The minimum absolute atomic E-state index is 0.0283. The molecular formula is C26H23FN4O. The smallest absolute Gasteiger partial charge is 0.254 e. The Morgan fingerprint density at radius 3 is 2.62 bits per heavy atom. The van der Waals surface area contributed by atoms with E-state index in [9.17, 15) is 4.79 Å². The molecule has 0 saturated heterocycles. The van der Waals surface area contributed by atoms with E-state index in [2.05, 4.69) is 15.3 Å². The van der Waals surface area contributed by atoms with Gasteiger partial charge in [0.2, 0.25) is 0 Å². The van der Waals surface area contributed by atoms with Gasteiger partial charge < -0.3 is 10.2 Å². The van der Waals surface area contributed by atoms with Crippen molar-refractivity contribution in [2.45, 2.75) is 26.4 Å². The van der Waals surface area contributed by atoms with E-state index in [0.29, 0.717) is 30.0 Å². The van der Waals surface area contributed by atoms with Crippen LogP contribution >= 0.6 is 0 Å². The van der Waals surface area contributed by atoms with Gasteiger partial charge in [-0.1, -0.05) is 30.3 Å². The molecule has 1 amide bonds. The maximum Gasteiger partial charge on any atom is 0.254 e. The Morgan fingerprint density at radius 1 is 1.03 bits per heavy atom. The first-order valence-electron chi connectivity index (χ1n) is 10.7. The van der Waals surface area contributed by atoms with Crippen molar-refractivity contribution in [2.75, 3.05) is 11.9 Å². The molecule has 4 aromatic rings. The minimum atomic E-state index is -0.286.